The molecule has 0 bridgehead atoms. The molecule has 1 saturated heterocycles. The number of aromatic nitrogens is 4. The molecule has 2 aliphatic carbocycles. The second kappa shape index (κ2) is 11.6. The van der Waals surface area contributed by atoms with E-state index in [2.05, 4.69) is 20.3 Å². The van der Waals surface area contributed by atoms with Crippen LogP contribution in [0.15, 0.2) is 36.7 Å². The van der Waals surface area contributed by atoms with Crippen molar-refractivity contribution in [1.29, 1.82) is 0 Å². The van der Waals surface area contributed by atoms with Gasteiger partial charge in [-0.1, -0.05) is 43.2 Å². The average molecular weight is 519 g/mol. The highest BCUT2D eigenvalue weighted by Gasteiger charge is 2.26. The summed E-state index contributed by atoms with van der Waals surface area (Å²) in [6, 6.07) is 11.1. The summed E-state index contributed by atoms with van der Waals surface area (Å²) >= 11 is 0. The van der Waals surface area contributed by atoms with Gasteiger partial charge in [-0.2, -0.15) is 9.97 Å². The lowest BCUT2D eigenvalue weighted by Crippen LogP contribution is -2.38. The first kappa shape index (κ1) is 25.5. The standard InChI is InChI=1S/C29H42N8O/c30-22-10-12-23(13-11-22)32-29-33-27(26-28(34-29)37(19-31-26)24-8-4-5-9-24)35-36-16-14-20(15-17-36)18-25(38)21-6-2-1-3-7-21/h1-3,6-7,19-20,22-25,38H,4-5,8-18,30H2,(H2,32,33,34,35)/t22-,23-,25-/m1/s1. The van der Waals surface area contributed by atoms with Gasteiger partial charge in [-0.25, -0.2) is 9.99 Å². The number of rotatable bonds is 8. The van der Waals surface area contributed by atoms with Crippen LogP contribution in [0.1, 0.15) is 88.3 Å². The summed E-state index contributed by atoms with van der Waals surface area (Å²) in [6.07, 6.45) is 13.5. The lowest BCUT2D eigenvalue weighted by atomic mass is 9.89. The Morgan fingerprint density at radius 1 is 0.947 bits per heavy atom. The van der Waals surface area contributed by atoms with Gasteiger partial charge in [-0.3, -0.25) is 0 Å². The number of nitrogens with one attached hydrogen (secondary N) is 2. The monoisotopic (exact) mass is 518 g/mol. The SMILES string of the molecule is N[C@H]1CC[C@H](Nc2nc(NN3CCC(C[C@@H](O)c4ccccc4)CC3)c3ncn(C4CCCC4)c3n2)CC1. The van der Waals surface area contributed by atoms with Crippen molar-refractivity contribution in [2.24, 2.45) is 11.7 Å². The van der Waals surface area contributed by atoms with Gasteiger partial charge in [-0.15, -0.1) is 0 Å². The fourth-order valence-corrected chi connectivity index (χ4v) is 6.51. The van der Waals surface area contributed by atoms with Crippen LogP contribution in [0, 0.1) is 5.92 Å². The quantitative estimate of drug-likeness (QED) is 0.336. The van der Waals surface area contributed by atoms with Gasteiger partial charge >= 0.3 is 0 Å². The van der Waals surface area contributed by atoms with Crippen LogP contribution in [0.4, 0.5) is 11.8 Å². The summed E-state index contributed by atoms with van der Waals surface area (Å²) in [7, 11) is 0. The van der Waals surface area contributed by atoms with Gasteiger partial charge in [0.1, 0.15) is 0 Å². The van der Waals surface area contributed by atoms with Gasteiger partial charge < -0.3 is 26.1 Å². The zero-order valence-electron chi connectivity index (χ0n) is 22.3. The zero-order chi connectivity index (χ0) is 25.9. The molecule has 1 aromatic carbocycles. The summed E-state index contributed by atoms with van der Waals surface area (Å²) in [5.74, 6) is 1.97. The minimum atomic E-state index is -0.398. The van der Waals surface area contributed by atoms with Crippen LogP contribution in [0.5, 0.6) is 0 Å². The molecule has 0 amide bonds. The van der Waals surface area contributed by atoms with E-state index in [1.54, 1.807) is 0 Å². The van der Waals surface area contributed by atoms with Crippen LogP contribution >= 0.6 is 0 Å². The van der Waals surface area contributed by atoms with E-state index in [1.165, 1.54) is 25.7 Å². The molecule has 1 atom stereocenters. The highest BCUT2D eigenvalue weighted by atomic mass is 16.3. The maximum absolute atomic E-state index is 10.7. The average Bonchev–Trinajstić information content (AvgIpc) is 3.62. The molecule has 3 aliphatic rings. The fraction of sp³-hybridized carbons (Fsp3) is 0.621. The van der Waals surface area contributed by atoms with E-state index in [1.807, 2.05) is 36.7 Å². The van der Waals surface area contributed by atoms with Gasteiger partial charge in [-0.05, 0) is 69.3 Å². The molecule has 2 saturated carbocycles. The minimum Gasteiger partial charge on any atom is -0.388 e. The predicted molar refractivity (Wildman–Crippen MR) is 151 cm³/mol. The van der Waals surface area contributed by atoms with Crippen LogP contribution in [-0.2, 0) is 0 Å². The zero-order valence-corrected chi connectivity index (χ0v) is 22.3. The van der Waals surface area contributed by atoms with E-state index in [0.717, 1.165) is 80.6 Å². The topological polar surface area (TPSA) is 117 Å². The Morgan fingerprint density at radius 3 is 2.42 bits per heavy atom. The van der Waals surface area contributed by atoms with E-state index in [-0.39, 0.29) is 0 Å². The Morgan fingerprint density at radius 2 is 1.68 bits per heavy atom. The second-order valence-electron chi connectivity index (χ2n) is 11.6. The number of aliphatic hydroxyl groups is 1. The Labute approximate surface area is 225 Å². The first-order valence-electron chi connectivity index (χ1n) is 14.6. The number of benzene rings is 1. The van der Waals surface area contributed by atoms with E-state index < -0.39 is 6.10 Å². The smallest absolute Gasteiger partial charge is 0.227 e. The molecule has 0 radical (unpaired) electrons. The third kappa shape index (κ3) is 5.80. The number of nitrogens with two attached hydrogens (primary N) is 1. The number of fused-ring (bicyclic) bond motifs is 1. The maximum atomic E-state index is 10.7. The molecule has 3 fully saturated rings. The molecule has 1 aliphatic heterocycles. The molecule has 6 rings (SSSR count). The molecule has 204 valence electrons. The number of hydrazine groups is 1. The summed E-state index contributed by atoms with van der Waals surface area (Å²) in [6.45, 7) is 1.81. The van der Waals surface area contributed by atoms with Gasteiger partial charge in [0.25, 0.3) is 0 Å². The molecule has 9 heteroatoms. The fourth-order valence-electron chi connectivity index (χ4n) is 6.51. The van der Waals surface area contributed by atoms with Crippen LogP contribution in [0.25, 0.3) is 11.2 Å². The number of nitrogens with zero attached hydrogens (tertiary/aromatic N) is 5. The number of aliphatic hydroxyl groups excluding tert-OH is 1. The summed E-state index contributed by atoms with van der Waals surface area (Å²) in [5, 5.41) is 16.6. The number of piperidine rings is 1. The first-order valence-corrected chi connectivity index (χ1v) is 14.6. The van der Waals surface area contributed by atoms with Gasteiger partial charge in [0.2, 0.25) is 5.95 Å². The second-order valence-corrected chi connectivity index (χ2v) is 11.6. The minimum absolute atomic E-state index is 0.314. The highest BCUT2D eigenvalue weighted by Crippen LogP contribution is 2.34. The molecule has 0 unspecified atom stereocenters. The first-order chi connectivity index (χ1) is 18.6. The molecule has 38 heavy (non-hydrogen) atoms. The molecule has 3 aromatic rings. The molecule has 2 aromatic heterocycles. The van der Waals surface area contributed by atoms with Crippen molar-refractivity contribution in [3.8, 4) is 0 Å². The molecule has 3 heterocycles. The van der Waals surface area contributed by atoms with Crippen molar-refractivity contribution in [2.45, 2.75) is 94.9 Å². The van der Waals surface area contributed by atoms with Crippen molar-refractivity contribution < 1.29 is 5.11 Å². The van der Waals surface area contributed by atoms with Crippen LogP contribution in [0.3, 0.4) is 0 Å². The predicted octanol–water partition coefficient (Wildman–Crippen LogP) is 4.79. The maximum Gasteiger partial charge on any atom is 0.227 e. The van der Waals surface area contributed by atoms with E-state index in [4.69, 9.17) is 20.7 Å². The molecular weight excluding hydrogens is 476 g/mol. The summed E-state index contributed by atoms with van der Waals surface area (Å²) in [4.78, 5) is 14.7. The van der Waals surface area contributed by atoms with Gasteiger partial charge in [0.05, 0.1) is 12.4 Å². The molecule has 5 N–H and O–H groups in total. The Kier molecular flexibility index (Phi) is 7.76. The number of hydrogen-bond acceptors (Lipinski definition) is 8. The third-order valence-electron chi connectivity index (χ3n) is 8.86. The van der Waals surface area contributed by atoms with Crippen molar-refractivity contribution in [3.05, 3.63) is 42.2 Å². The summed E-state index contributed by atoms with van der Waals surface area (Å²) < 4.78 is 2.27. The van der Waals surface area contributed by atoms with E-state index in [9.17, 15) is 5.11 Å². The normalized spacial score (nSPS) is 24.6. The van der Waals surface area contributed by atoms with Gasteiger partial charge in [0, 0.05) is 31.2 Å². The molecule has 0 spiro atoms. The van der Waals surface area contributed by atoms with Crippen molar-refractivity contribution in [2.75, 3.05) is 23.8 Å². The number of anilines is 2. The Balaban J connectivity index is 1.16. The largest absolute Gasteiger partial charge is 0.388 e. The molecule has 9 nitrogen and oxygen atoms in total. The van der Waals surface area contributed by atoms with Crippen molar-refractivity contribution >= 4 is 22.9 Å². The Hall–Kier alpha value is -2.75. The van der Waals surface area contributed by atoms with Crippen LogP contribution in [0.2, 0.25) is 0 Å². The van der Waals surface area contributed by atoms with Crippen LogP contribution < -0.4 is 16.5 Å². The highest BCUT2D eigenvalue weighted by molar-refractivity contribution is 5.84. The number of imidazole rings is 1. The number of hydrogen-bond donors (Lipinski definition) is 4. The lowest BCUT2D eigenvalue weighted by Gasteiger charge is -2.33. The Bertz CT molecular complexity index is 1180. The third-order valence-corrected chi connectivity index (χ3v) is 8.86. The van der Waals surface area contributed by atoms with E-state index >= 15 is 0 Å². The lowest BCUT2D eigenvalue weighted by molar-refractivity contribution is 0.115. The van der Waals surface area contributed by atoms with Crippen molar-refractivity contribution in [3.63, 3.8) is 0 Å². The van der Waals surface area contributed by atoms with Crippen LogP contribution in [-0.4, -0.2) is 54.8 Å². The van der Waals surface area contributed by atoms with Gasteiger partial charge in [0.15, 0.2) is 17.0 Å². The van der Waals surface area contributed by atoms with Crippen molar-refractivity contribution in [1.82, 2.24) is 24.5 Å². The summed E-state index contributed by atoms with van der Waals surface area (Å²) in [5.41, 5.74) is 12.5. The van der Waals surface area contributed by atoms with E-state index in [0.29, 0.717) is 30.0 Å². The molecular formula is C29H42N8O.